The first-order valence-electron chi connectivity index (χ1n) is 7.80. The molecule has 0 saturated heterocycles. The van der Waals surface area contributed by atoms with E-state index in [1.807, 2.05) is 36.4 Å². The van der Waals surface area contributed by atoms with Gasteiger partial charge in [0.2, 0.25) is 5.91 Å². The van der Waals surface area contributed by atoms with E-state index in [0.29, 0.717) is 0 Å². The van der Waals surface area contributed by atoms with Gasteiger partial charge in [-0.1, -0.05) is 24.3 Å². The molecule has 3 aromatic rings. The molecule has 0 bridgehead atoms. The Balaban J connectivity index is 1.69. The average Bonchev–Trinajstić information content (AvgIpc) is 3.19. The maximum Gasteiger partial charge on any atom is 0.305 e. The van der Waals surface area contributed by atoms with Gasteiger partial charge in [0.1, 0.15) is 5.75 Å². The molecular formula is C19H18N2O4. The topological polar surface area (TPSA) is 80.6 Å². The molecule has 6 nitrogen and oxygen atoms in total. The summed E-state index contributed by atoms with van der Waals surface area (Å²) in [5.41, 5.74) is 5.61. The molecule has 3 rings (SSSR count). The Morgan fingerprint density at radius 1 is 1.04 bits per heavy atom. The largest absolute Gasteiger partial charge is 0.497 e. The van der Waals surface area contributed by atoms with E-state index in [-0.39, 0.29) is 11.7 Å². The molecule has 0 spiro atoms. The lowest BCUT2D eigenvalue weighted by Gasteiger charge is -2.14. The number of hydrazine groups is 1. The van der Waals surface area contributed by atoms with Crippen LogP contribution in [0.2, 0.25) is 0 Å². The minimum absolute atomic E-state index is 0.132. The summed E-state index contributed by atoms with van der Waals surface area (Å²) < 4.78 is 10.2. The van der Waals surface area contributed by atoms with E-state index < -0.39 is 11.8 Å². The van der Waals surface area contributed by atoms with Crippen molar-refractivity contribution in [1.29, 1.82) is 0 Å². The molecule has 6 heteroatoms. The number of rotatable bonds is 4. The Labute approximate surface area is 144 Å². The molecule has 2 aromatic carbocycles. The third-order valence-corrected chi connectivity index (χ3v) is 4.01. The highest BCUT2D eigenvalue weighted by Gasteiger charge is 2.17. The van der Waals surface area contributed by atoms with E-state index in [1.165, 1.54) is 12.3 Å². The number of fused-ring (bicyclic) bond motifs is 1. The smallest absolute Gasteiger partial charge is 0.305 e. The second kappa shape index (κ2) is 7.09. The van der Waals surface area contributed by atoms with Crippen molar-refractivity contribution >= 4 is 22.6 Å². The lowest BCUT2D eigenvalue weighted by molar-refractivity contribution is -0.123. The van der Waals surface area contributed by atoms with Crippen LogP contribution in [0.3, 0.4) is 0 Å². The summed E-state index contributed by atoms with van der Waals surface area (Å²) in [5.74, 6) is -0.327. The first-order valence-corrected chi connectivity index (χ1v) is 7.80. The summed E-state index contributed by atoms with van der Waals surface area (Å²) >= 11 is 0. The fraction of sp³-hybridized carbons (Fsp3) is 0.158. The number of amides is 2. The van der Waals surface area contributed by atoms with E-state index in [4.69, 9.17) is 9.15 Å². The molecule has 0 radical (unpaired) electrons. The summed E-state index contributed by atoms with van der Waals surface area (Å²) in [6, 6.07) is 14.7. The third-order valence-electron chi connectivity index (χ3n) is 4.01. The van der Waals surface area contributed by atoms with Gasteiger partial charge in [0.25, 0.3) is 0 Å². The normalized spacial score (nSPS) is 11.8. The van der Waals surface area contributed by atoms with Gasteiger partial charge in [-0.15, -0.1) is 0 Å². The molecular weight excluding hydrogens is 320 g/mol. The standard InChI is InChI=1S/C19H18N2O4/c1-12(18(22)20-21-19(23)17-4-3-9-25-17)13-5-6-15-11-16(24-2)8-7-14(15)10-13/h3-12H,1-2H3,(H,20,22)(H,21,23). The van der Waals surface area contributed by atoms with Crippen molar-refractivity contribution in [1.82, 2.24) is 10.9 Å². The van der Waals surface area contributed by atoms with Crippen LogP contribution in [-0.4, -0.2) is 18.9 Å². The molecule has 1 atom stereocenters. The number of benzene rings is 2. The van der Waals surface area contributed by atoms with E-state index in [0.717, 1.165) is 22.1 Å². The number of nitrogens with one attached hydrogen (secondary N) is 2. The van der Waals surface area contributed by atoms with Crippen molar-refractivity contribution in [2.45, 2.75) is 12.8 Å². The monoisotopic (exact) mass is 338 g/mol. The summed E-state index contributed by atoms with van der Waals surface area (Å²) in [7, 11) is 1.62. The van der Waals surface area contributed by atoms with Crippen LogP contribution in [0.5, 0.6) is 5.75 Å². The maximum absolute atomic E-state index is 12.3. The van der Waals surface area contributed by atoms with Crippen LogP contribution in [0.1, 0.15) is 29.0 Å². The molecule has 0 aliphatic rings. The van der Waals surface area contributed by atoms with Crippen LogP contribution in [0.25, 0.3) is 10.8 Å². The van der Waals surface area contributed by atoms with Gasteiger partial charge in [0.05, 0.1) is 19.3 Å². The predicted molar refractivity (Wildman–Crippen MR) is 93.2 cm³/mol. The molecule has 2 amide bonds. The van der Waals surface area contributed by atoms with E-state index in [2.05, 4.69) is 10.9 Å². The predicted octanol–water partition coefficient (Wildman–Crippen LogP) is 3.01. The summed E-state index contributed by atoms with van der Waals surface area (Å²) in [6.45, 7) is 1.78. The first-order chi connectivity index (χ1) is 12.1. The second-order valence-electron chi connectivity index (χ2n) is 5.61. The van der Waals surface area contributed by atoms with Crippen molar-refractivity contribution in [2.24, 2.45) is 0 Å². The van der Waals surface area contributed by atoms with Crippen molar-refractivity contribution in [3.8, 4) is 5.75 Å². The van der Waals surface area contributed by atoms with Crippen LogP contribution < -0.4 is 15.6 Å². The summed E-state index contributed by atoms with van der Waals surface area (Å²) in [6.07, 6.45) is 1.39. The Hall–Kier alpha value is -3.28. The highest BCUT2D eigenvalue weighted by atomic mass is 16.5. The molecule has 0 aliphatic carbocycles. The van der Waals surface area contributed by atoms with E-state index >= 15 is 0 Å². The van der Waals surface area contributed by atoms with Gasteiger partial charge in [0.15, 0.2) is 5.76 Å². The third kappa shape index (κ3) is 3.63. The lowest BCUT2D eigenvalue weighted by Crippen LogP contribution is -2.43. The van der Waals surface area contributed by atoms with Crippen molar-refractivity contribution in [2.75, 3.05) is 7.11 Å². The molecule has 2 N–H and O–H groups in total. The number of methoxy groups -OCH3 is 1. The molecule has 1 aromatic heterocycles. The van der Waals surface area contributed by atoms with Crippen molar-refractivity contribution in [3.05, 3.63) is 66.1 Å². The Bertz CT molecular complexity index is 903. The van der Waals surface area contributed by atoms with Gasteiger partial charge < -0.3 is 9.15 Å². The van der Waals surface area contributed by atoms with Crippen LogP contribution in [0.4, 0.5) is 0 Å². The minimum atomic E-state index is -0.504. The molecule has 25 heavy (non-hydrogen) atoms. The first kappa shape index (κ1) is 16.6. The van der Waals surface area contributed by atoms with Crippen molar-refractivity contribution in [3.63, 3.8) is 0 Å². The quantitative estimate of drug-likeness (QED) is 0.717. The molecule has 1 heterocycles. The molecule has 128 valence electrons. The molecule has 0 fully saturated rings. The lowest BCUT2D eigenvalue weighted by atomic mass is 9.97. The number of ether oxygens (including phenoxy) is 1. The number of hydrogen-bond acceptors (Lipinski definition) is 4. The van der Waals surface area contributed by atoms with Gasteiger partial charge in [-0.05, 0) is 47.5 Å². The average molecular weight is 338 g/mol. The Morgan fingerprint density at radius 3 is 2.52 bits per heavy atom. The fourth-order valence-electron chi connectivity index (χ4n) is 2.49. The zero-order valence-electron chi connectivity index (χ0n) is 13.9. The van der Waals surface area contributed by atoms with Gasteiger partial charge in [-0.3, -0.25) is 20.4 Å². The van der Waals surface area contributed by atoms with Crippen LogP contribution >= 0.6 is 0 Å². The highest BCUT2D eigenvalue weighted by molar-refractivity contribution is 5.94. The highest BCUT2D eigenvalue weighted by Crippen LogP contribution is 2.25. The van der Waals surface area contributed by atoms with Gasteiger partial charge in [-0.2, -0.15) is 0 Å². The number of carbonyl (C=O) groups is 2. The number of carbonyl (C=O) groups excluding carboxylic acids is 2. The van der Waals surface area contributed by atoms with Crippen LogP contribution in [0, 0.1) is 0 Å². The Kier molecular flexibility index (Phi) is 4.70. The fourth-order valence-corrected chi connectivity index (χ4v) is 2.49. The van der Waals surface area contributed by atoms with E-state index in [9.17, 15) is 9.59 Å². The number of furan rings is 1. The zero-order valence-corrected chi connectivity index (χ0v) is 13.9. The molecule has 0 aliphatic heterocycles. The van der Waals surface area contributed by atoms with Gasteiger partial charge in [-0.25, -0.2) is 0 Å². The van der Waals surface area contributed by atoms with Crippen LogP contribution in [-0.2, 0) is 4.79 Å². The Morgan fingerprint density at radius 2 is 1.80 bits per heavy atom. The summed E-state index contributed by atoms with van der Waals surface area (Å²) in [4.78, 5) is 24.1. The van der Waals surface area contributed by atoms with Gasteiger partial charge >= 0.3 is 5.91 Å². The SMILES string of the molecule is COc1ccc2cc(C(C)C(=O)NNC(=O)c3ccco3)ccc2c1. The molecule has 0 saturated carbocycles. The number of hydrogen-bond donors (Lipinski definition) is 2. The summed E-state index contributed by atoms with van der Waals surface area (Å²) in [5, 5.41) is 2.04. The van der Waals surface area contributed by atoms with Crippen molar-refractivity contribution < 1.29 is 18.7 Å². The second-order valence-corrected chi connectivity index (χ2v) is 5.61. The van der Waals surface area contributed by atoms with Gasteiger partial charge in [0, 0.05) is 0 Å². The minimum Gasteiger partial charge on any atom is -0.497 e. The zero-order chi connectivity index (χ0) is 17.8. The maximum atomic E-state index is 12.3. The molecule has 1 unspecified atom stereocenters. The van der Waals surface area contributed by atoms with Crippen LogP contribution in [0.15, 0.2) is 59.2 Å². The van der Waals surface area contributed by atoms with E-state index in [1.54, 1.807) is 20.1 Å².